The summed E-state index contributed by atoms with van der Waals surface area (Å²) in [5.41, 5.74) is 0. The smallest absolute Gasteiger partial charge is 0.306 e. The van der Waals surface area contributed by atoms with E-state index in [0.29, 0.717) is 19.3 Å². The van der Waals surface area contributed by atoms with Crippen molar-refractivity contribution in [1.82, 2.24) is 0 Å². The van der Waals surface area contributed by atoms with Crippen LogP contribution >= 0.6 is 0 Å². The minimum atomic E-state index is -0.782. The lowest BCUT2D eigenvalue weighted by Gasteiger charge is -2.18. The Morgan fingerprint density at radius 3 is 0.753 bits per heavy atom. The van der Waals surface area contributed by atoms with E-state index in [1.807, 2.05) is 0 Å². The molecular weight excluding hydrogens is 997 g/mol. The number of carbonyl (C=O) groups excluding carboxylic acids is 3. The molecule has 0 amide bonds. The minimum Gasteiger partial charge on any atom is -0.462 e. The number of esters is 3. The number of hydrogen-bond donors (Lipinski definition) is 0. The third kappa shape index (κ3) is 66.5. The molecule has 6 nitrogen and oxygen atoms in total. The fraction of sp³-hybridized carbons (Fsp3) is 0.693. The molecule has 0 aromatic carbocycles. The second-order valence-corrected chi connectivity index (χ2v) is 22.3. The number of carbonyl (C=O) groups is 3. The molecule has 0 aromatic heterocycles. The highest BCUT2D eigenvalue weighted by atomic mass is 16.6. The van der Waals surface area contributed by atoms with Gasteiger partial charge in [0, 0.05) is 19.3 Å². The Kier molecular flexibility index (Phi) is 64.8. The Bertz CT molecular complexity index is 1670. The van der Waals surface area contributed by atoms with Crippen LogP contribution in [-0.4, -0.2) is 37.2 Å². The summed E-state index contributed by atoms with van der Waals surface area (Å²) in [7, 11) is 0. The Hall–Kier alpha value is -4.19. The molecule has 0 bridgehead atoms. The molecule has 462 valence electrons. The van der Waals surface area contributed by atoms with Crippen molar-refractivity contribution in [2.24, 2.45) is 0 Å². The van der Waals surface area contributed by atoms with Crippen molar-refractivity contribution in [3.8, 4) is 0 Å². The minimum absolute atomic E-state index is 0.0787. The van der Waals surface area contributed by atoms with Crippen molar-refractivity contribution >= 4 is 17.9 Å². The molecule has 0 aliphatic heterocycles. The standard InChI is InChI=1S/C75H126O6/c1-4-7-10-13-16-19-21-23-25-27-29-31-33-35-37-39-41-43-45-47-49-51-53-56-59-62-65-68-74(77)80-71-72(70-79-73(76)67-64-61-58-55-18-15-12-9-6-3)81-75(78)69-66-63-60-57-54-52-50-48-46-44-42-40-38-36-34-32-30-28-26-24-22-20-17-14-11-8-5-2/h7-8,10-11,16-17,19-20,23-26,29-32,35-38,72H,4-6,9,12-15,18,21-22,27-28,33-34,39-71H2,1-3H3/b10-7-,11-8-,19-16-,20-17-,25-23-,26-24-,31-29-,32-30-,37-35-,38-36-. The van der Waals surface area contributed by atoms with E-state index >= 15 is 0 Å². The van der Waals surface area contributed by atoms with Crippen LogP contribution < -0.4 is 0 Å². The van der Waals surface area contributed by atoms with Crippen molar-refractivity contribution in [2.45, 2.75) is 322 Å². The number of ether oxygens (including phenoxy) is 3. The van der Waals surface area contributed by atoms with Gasteiger partial charge in [-0.1, -0.05) is 309 Å². The first-order valence-corrected chi connectivity index (χ1v) is 34.0. The van der Waals surface area contributed by atoms with E-state index in [-0.39, 0.29) is 31.1 Å². The zero-order valence-corrected chi connectivity index (χ0v) is 53.0. The van der Waals surface area contributed by atoms with Gasteiger partial charge in [-0.25, -0.2) is 0 Å². The molecular formula is C75H126O6. The SMILES string of the molecule is CC/C=C\C/C=C\C/C=C\C/C=C\C/C=C\CCCCCCCCCCCCCC(=O)OCC(COC(=O)CCCCCCCCCCC)OC(=O)CCCCCCCCCCCCC/C=C\C/C=C\C/C=C\C/C=C\C/C=C\CC. The Labute approximate surface area is 501 Å². The van der Waals surface area contributed by atoms with Crippen LogP contribution in [0.1, 0.15) is 316 Å². The number of allylic oxidation sites excluding steroid dienone is 20. The summed E-state index contributed by atoms with van der Waals surface area (Å²) in [6.45, 7) is 6.41. The van der Waals surface area contributed by atoms with Gasteiger partial charge in [-0.3, -0.25) is 14.4 Å². The van der Waals surface area contributed by atoms with Crippen LogP contribution in [0.4, 0.5) is 0 Å². The molecule has 0 rings (SSSR count). The van der Waals surface area contributed by atoms with Crippen LogP contribution in [0, 0.1) is 0 Å². The van der Waals surface area contributed by atoms with Gasteiger partial charge >= 0.3 is 17.9 Å². The molecule has 0 aliphatic rings. The summed E-state index contributed by atoms with van der Waals surface area (Å²) in [4.78, 5) is 38.3. The number of unbranched alkanes of at least 4 members (excludes halogenated alkanes) is 30. The van der Waals surface area contributed by atoms with Crippen molar-refractivity contribution < 1.29 is 28.6 Å². The number of rotatable bonds is 61. The Morgan fingerprint density at radius 2 is 0.481 bits per heavy atom. The lowest BCUT2D eigenvalue weighted by molar-refractivity contribution is -0.167. The van der Waals surface area contributed by atoms with Crippen molar-refractivity contribution in [3.63, 3.8) is 0 Å². The molecule has 0 aliphatic carbocycles. The van der Waals surface area contributed by atoms with Crippen molar-refractivity contribution in [1.29, 1.82) is 0 Å². The summed E-state index contributed by atoms with van der Waals surface area (Å²) in [5, 5.41) is 0. The van der Waals surface area contributed by atoms with Gasteiger partial charge in [0.2, 0.25) is 0 Å². The second kappa shape index (κ2) is 68.3. The van der Waals surface area contributed by atoms with E-state index in [0.717, 1.165) is 122 Å². The van der Waals surface area contributed by atoms with Crippen LogP contribution in [0.3, 0.4) is 0 Å². The topological polar surface area (TPSA) is 78.9 Å². The highest BCUT2D eigenvalue weighted by Gasteiger charge is 2.19. The largest absolute Gasteiger partial charge is 0.462 e. The van der Waals surface area contributed by atoms with Crippen LogP contribution in [0.25, 0.3) is 0 Å². The summed E-state index contributed by atoms with van der Waals surface area (Å²) < 4.78 is 16.9. The lowest BCUT2D eigenvalue weighted by Crippen LogP contribution is -2.30. The van der Waals surface area contributed by atoms with Gasteiger partial charge < -0.3 is 14.2 Å². The van der Waals surface area contributed by atoms with E-state index < -0.39 is 6.10 Å². The molecule has 81 heavy (non-hydrogen) atoms. The van der Waals surface area contributed by atoms with E-state index in [2.05, 4.69) is 142 Å². The fourth-order valence-corrected chi connectivity index (χ4v) is 9.44. The maximum atomic E-state index is 12.9. The Balaban J connectivity index is 4.20. The van der Waals surface area contributed by atoms with Gasteiger partial charge in [-0.2, -0.15) is 0 Å². The average Bonchev–Trinajstić information content (AvgIpc) is 3.47. The molecule has 1 unspecified atom stereocenters. The van der Waals surface area contributed by atoms with Gasteiger partial charge in [-0.15, -0.1) is 0 Å². The normalized spacial score (nSPS) is 12.9. The monoisotopic (exact) mass is 1120 g/mol. The van der Waals surface area contributed by atoms with E-state index in [4.69, 9.17) is 14.2 Å². The van der Waals surface area contributed by atoms with Gasteiger partial charge in [0.05, 0.1) is 0 Å². The predicted molar refractivity (Wildman–Crippen MR) is 353 cm³/mol. The summed E-state index contributed by atoms with van der Waals surface area (Å²) in [6, 6.07) is 0. The van der Waals surface area contributed by atoms with Crippen LogP contribution in [-0.2, 0) is 28.6 Å². The zero-order chi connectivity index (χ0) is 58.5. The van der Waals surface area contributed by atoms with Crippen molar-refractivity contribution in [3.05, 3.63) is 122 Å². The van der Waals surface area contributed by atoms with Gasteiger partial charge in [0.15, 0.2) is 6.10 Å². The second-order valence-electron chi connectivity index (χ2n) is 22.3. The fourth-order valence-electron chi connectivity index (χ4n) is 9.44. The molecule has 1 atom stereocenters. The molecule has 0 aromatic rings. The van der Waals surface area contributed by atoms with E-state index in [1.54, 1.807) is 0 Å². The highest BCUT2D eigenvalue weighted by molar-refractivity contribution is 5.71. The van der Waals surface area contributed by atoms with Gasteiger partial charge in [0.25, 0.3) is 0 Å². The molecule has 0 saturated carbocycles. The molecule has 0 radical (unpaired) electrons. The summed E-state index contributed by atoms with van der Waals surface area (Å²) >= 11 is 0. The van der Waals surface area contributed by atoms with Crippen molar-refractivity contribution in [2.75, 3.05) is 13.2 Å². The average molecular weight is 1120 g/mol. The maximum Gasteiger partial charge on any atom is 0.306 e. The van der Waals surface area contributed by atoms with Crippen LogP contribution in [0.15, 0.2) is 122 Å². The van der Waals surface area contributed by atoms with E-state index in [1.165, 1.54) is 154 Å². The first-order valence-electron chi connectivity index (χ1n) is 34.0. The molecule has 0 saturated heterocycles. The summed E-state index contributed by atoms with van der Waals surface area (Å²) in [6.07, 6.45) is 95.1. The van der Waals surface area contributed by atoms with Crippen LogP contribution in [0.5, 0.6) is 0 Å². The van der Waals surface area contributed by atoms with Crippen LogP contribution in [0.2, 0.25) is 0 Å². The zero-order valence-electron chi connectivity index (χ0n) is 53.0. The number of hydrogen-bond acceptors (Lipinski definition) is 6. The first kappa shape index (κ1) is 76.8. The predicted octanol–water partition coefficient (Wildman–Crippen LogP) is 23.6. The summed E-state index contributed by atoms with van der Waals surface area (Å²) in [5.74, 6) is -0.879. The van der Waals surface area contributed by atoms with Gasteiger partial charge in [-0.05, 0) is 109 Å². The first-order chi connectivity index (χ1) is 40.0. The third-order valence-electron chi connectivity index (χ3n) is 14.5. The maximum absolute atomic E-state index is 12.9. The highest BCUT2D eigenvalue weighted by Crippen LogP contribution is 2.17. The van der Waals surface area contributed by atoms with Gasteiger partial charge in [0.1, 0.15) is 13.2 Å². The third-order valence-corrected chi connectivity index (χ3v) is 14.5. The Morgan fingerprint density at radius 1 is 0.259 bits per heavy atom. The molecule has 0 spiro atoms. The molecule has 0 heterocycles. The quantitative estimate of drug-likeness (QED) is 0.0261. The molecule has 0 fully saturated rings. The molecule has 6 heteroatoms. The van der Waals surface area contributed by atoms with E-state index in [9.17, 15) is 14.4 Å². The molecule has 0 N–H and O–H groups in total. The lowest BCUT2D eigenvalue weighted by atomic mass is 10.0.